The molecular weight excluding hydrogens is 296 g/mol. The number of nitrogens with two attached hydrogens (primary N) is 1. The molecule has 1 aliphatic rings. The highest BCUT2D eigenvalue weighted by Crippen LogP contribution is 2.43. The van der Waals surface area contributed by atoms with E-state index in [1.807, 2.05) is 24.3 Å². The number of hydrogen-bond acceptors (Lipinski definition) is 3. The maximum atomic E-state index is 6.38. The second-order valence-electron chi connectivity index (χ2n) is 5.56. The highest BCUT2D eigenvalue weighted by Gasteiger charge is 2.27. The van der Waals surface area contributed by atoms with Gasteiger partial charge in [-0.05, 0) is 18.6 Å². The molecule has 0 amide bonds. The van der Waals surface area contributed by atoms with Crippen LogP contribution in [0.15, 0.2) is 42.5 Å². The summed E-state index contributed by atoms with van der Waals surface area (Å²) in [6, 6.07) is 14.1. The summed E-state index contributed by atoms with van der Waals surface area (Å²) in [5.74, 6) is 0.894. The summed E-state index contributed by atoms with van der Waals surface area (Å²) in [5.41, 5.74) is 9.01. The van der Waals surface area contributed by atoms with Crippen LogP contribution in [0.1, 0.15) is 13.3 Å². The van der Waals surface area contributed by atoms with E-state index in [4.69, 9.17) is 22.1 Å². The van der Waals surface area contributed by atoms with Gasteiger partial charge in [0.25, 0.3) is 0 Å². The Balaban J connectivity index is 2.11. The molecule has 116 valence electrons. The number of rotatable bonds is 4. The quantitative estimate of drug-likeness (QED) is 0.928. The zero-order valence-corrected chi connectivity index (χ0v) is 13.5. The van der Waals surface area contributed by atoms with Gasteiger partial charge in [-0.25, -0.2) is 0 Å². The molecule has 1 atom stereocenters. The Morgan fingerprint density at radius 3 is 2.68 bits per heavy atom. The summed E-state index contributed by atoms with van der Waals surface area (Å²) < 4.78 is 6.17. The van der Waals surface area contributed by atoms with Gasteiger partial charge >= 0.3 is 0 Å². The summed E-state index contributed by atoms with van der Waals surface area (Å²) in [6.45, 7) is 4.53. The van der Waals surface area contributed by atoms with Gasteiger partial charge in [0, 0.05) is 29.2 Å². The van der Waals surface area contributed by atoms with Crippen LogP contribution in [0, 0.1) is 0 Å². The number of halogens is 1. The molecule has 4 heteroatoms. The van der Waals surface area contributed by atoms with E-state index in [1.165, 1.54) is 0 Å². The van der Waals surface area contributed by atoms with Gasteiger partial charge in [0.1, 0.15) is 6.10 Å². The van der Waals surface area contributed by atoms with Crippen LogP contribution in [0.2, 0.25) is 5.02 Å². The first-order valence-corrected chi connectivity index (χ1v) is 8.12. The fourth-order valence-corrected chi connectivity index (χ4v) is 3.18. The first kappa shape index (κ1) is 15.2. The molecule has 0 fully saturated rings. The molecule has 3 rings (SSSR count). The molecule has 1 aliphatic heterocycles. The maximum Gasteiger partial charge on any atom is 0.151 e. The number of hydrogen-bond donors (Lipinski definition) is 1. The number of ether oxygens (including phenoxy) is 1. The zero-order chi connectivity index (χ0) is 15.5. The third kappa shape index (κ3) is 2.79. The molecular formula is C18H21ClN2O. The van der Waals surface area contributed by atoms with Crippen molar-refractivity contribution in [1.82, 2.24) is 0 Å². The highest BCUT2D eigenvalue weighted by atomic mass is 35.5. The van der Waals surface area contributed by atoms with Crippen LogP contribution in [0.5, 0.6) is 5.75 Å². The largest absolute Gasteiger partial charge is 0.484 e. The lowest BCUT2D eigenvalue weighted by molar-refractivity contribution is 0.202. The van der Waals surface area contributed by atoms with Crippen molar-refractivity contribution >= 4 is 17.3 Å². The Hall–Kier alpha value is -1.71. The van der Waals surface area contributed by atoms with E-state index in [2.05, 4.69) is 30.0 Å². The molecule has 0 bridgehead atoms. The van der Waals surface area contributed by atoms with Gasteiger partial charge in [-0.15, -0.1) is 0 Å². The van der Waals surface area contributed by atoms with Crippen LogP contribution in [0.4, 0.5) is 5.69 Å². The average molecular weight is 317 g/mol. The van der Waals surface area contributed by atoms with Gasteiger partial charge in [0.2, 0.25) is 0 Å². The van der Waals surface area contributed by atoms with Gasteiger partial charge in [-0.1, -0.05) is 48.9 Å². The summed E-state index contributed by atoms with van der Waals surface area (Å²) in [6.07, 6.45) is 1.11. The van der Waals surface area contributed by atoms with Gasteiger partial charge in [0.05, 0.1) is 12.2 Å². The molecule has 0 saturated heterocycles. The van der Waals surface area contributed by atoms with Crippen molar-refractivity contribution in [2.24, 2.45) is 5.73 Å². The predicted octanol–water partition coefficient (Wildman–Crippen LogP) is 3.94. The minimum absolute atomic E-state index is 0.0164. The van der Waals surface area contributed by atoms with Crippen molar-refractivity contribution in [3.05, 3.63) is 47.5 Å². The normalized spacial score (nSPS) is 17.0. The van der Waals surface area contributed by atoms with E-state index < -0.39 is 0 Å². The Morgan fingerprint density at radius 2 is 1.95 bits per heavy atom. The number of para-hydroxylation sites is 1. The molecule has 0 aromatic heterocycles. The van der Waals surface area contributed by atoms with Gasteiger partial charge in [0.15, 0.2) is 5.75 Å². The van der Waals surface area contributed by atoms with Crippen LogP contribution in [0.3, 0.4) is 0 Å². The molecule has 2 N–H and O–H groups in total. The Morgan fingerprint density at radius 1 is 1.18 bits per heavy atom. The molecule has 0 saturated carbocycles. The predicted molar refractivity (Wildman–Crippen MR) is 92.9 cm³/mol. The second-order valence-corrected chi connectivity index (χ2v) is 5.96. The minimum Gasteiger partial charge on any atom is -0.484 e. The molecule has 2 aromatic rings. The number of anilines is 1. The molecule has 2 aromatic carbocycles. The van der Waals surface area contributed by atoms with Crippen LogP contribution < -0.4 is 15.4 Å². The van der Waals surface area contributed by atoms with Gasteiger partial charge in [-0.3, -0.25) is 0 Å². The summed E-state index contributed by atoms with van der Waals surface area (Å²) >= 11 is 6.38. The Labute approximate surface area is 136 Å². The maximum absolute atomic E-state index is 6.38. The molecule has 1 unspecified atom stereocenters. The minimum atomic E-state index is 0.0164. The Bertz CT molecular complexity index is 659. The summed E-state index contributed by atoms with van der Waals surface area (Å²) in [5, 5.41) is 0.733. The lowest BCUT2D eigenvalue weighted by Gasteiger charge is -2.37. The molecule has 22 heavy (non-hydrogen) atoms. The number of fused-ring (bicyclic) bond motifs is 1. The zero-order valence-electron chi connectivity index (χ0n) is 12.8. The Kier molecular flexibility index (Phi) is 4.55. The van der Waals surface area contributed by atoms with E-state index in [9.17, 15) is 0 Å². The first-order chi connectivity index (χ1) is 10.7. The number of nitrogens with zero attached hydrogens (tertiary/aromatic N) is 1. The third-order valence-electron chi connectivity index (χ3n) is 3.96. The average Bonchev–Trinajstić information content (AvgIpc) is 2.55. The van der Waals surface area contributed by atoms with Crippen LogP contribution in [-0.4, -0.2) is 25.7 Å². The van der Waals surface area contributed by atoms with Crippen LogP contribution >= 0.6 is 11.6 Å². The van der Waals surface area contributed by atoms with E-state index in [0.717, 1.165) is 47.1 Å². The molecule has 0 spiro atoms. The molecule has 0 radical (unpaired) electrons. The fraction of sp³-hybridized carbons (Fsp3) is 0.333. The monoisotopic (exact) mass is 316 g/mol. The van der Waals surface area contributed by atoms with E-state index >= 15 is 0 Å². The van der Waals surface area contributed by atoms with E-state index in [1.54, 1.807) is 0 Å². The first-order valence-electron chi connectivity index (χ1n) is 7.74. The summed E-state index contributed by atoms with van der Waals surface area (Å²) in [4.78, 5) is 2.36. The van der Waals surface area contributed by atoms with Crippen molar-refractivity contribution in [2.45, 2.75) is 19.4 Å². The van der Waals surface area contributed by atoms with Crippen molar-refractivity contribution in [1.29, 1.82) is 0 Å². The highest BCUT2D eigenvalue weighted by molar-refractivity contribution is 6.33. The van der Waals surface area contributed by atoms with Crippen molar-refractivity contribution in [3.8, 4) is 16.9 Å². The summed E-state index contributed by atoms with van der Waals surface area (Å²) in [7, 11) is 0. The lowest BCUT2D eigenvalue weighted by atomic mass is 10.0. The van der Waals surface area contributed by atoms with Crippen molar-refractivity contribution < 1.29 is 4.74 Å². The van der Waals surface area contributed by atoms with E-state index in [0.29, 0.717) is 6.54 Å². The van der Waals surface area contributed by atoms with Crippen molar-refractivity contribution in [3.63, 3.8) is 0 Å². The van der Waals surface area contributed by atoms with Gasteiger partial charge in [-0.2, -0.15) is 0 Å². The van der Waals surface area contributed by atoms with Crippen LogP contribution in [0.25, 0.3) is 11.1 Å². The standard InChI is InChI=1S/C18H21ClN2O/c1-2-10-21-12-13(11-20)22-18-15(7-5-9-17(18)21)14-6-3-4-8-16(14)19/h3-9,13H,2,10-12,20H2,1H3. The topological polar surface area (TPSA) is 38.5 Å². The fourth-order valence-electron chi connectivity index (χ4n) is 2.94. The van der Waals surface area contributed by atoms with E-state index in [-0.39, 0.29) is 6.10 Å². The van der Waals surface area contributed by atoms with Crippen molar-refractivity contribution in [2.75, 3.05) is 24.5 Å². The second kappa shape index (κ2) is 6.59. The molecule has 1 heterocycles. The third-order valence-corrected chi connectivity index (χ3v) is 4.29. The van der Waals surface area contributed by atoms with Crippen LogP contribution in [-0.2, 0) is 0 Å². The molecule has 0 aliphatic carbocycles. The SMILES string of the molecule is CCCN1CC(CN)Oc2c(-c3ccccc3Cl)cccc21. The lowest BCUT2D eigenvalue weighted by Crippen LogP contribution is -2.44. The van der Waals surface area contributed by atoms with Gasteiger partial charge < -0.3 is 15.4 Å². The smallest absolute Gasteiger partial charge is 0.151 e. The molecule has 3 nitrogen and oxygen atoms in total. The number of benzene rings is 2.